The lowest BCUT2D eigenvalue weighted by Gasteiger charge is -2.26. The van der Waals surface area contributed by atoms with Crippen LogP contribution in [0.25, 0.3) is 16.5 Å². The van der Waals surface area contributed by atoms with Crippen molar-refractivity contribution in [2.24, 2.45) is 0 Å². The lowest BCUT2D eigenvalue weighted by Crippen LogP contribution is -2.35. The van der Waals surface area contributed by atoms with E-state index in [9.17, 15) is 24.2 Å². The van der Waals surface area contributed by atoms with Crippen molar-refractivity contribution >= 4 is 28.2 Å². The number of nitrogens with zero attached hydrogens (tertiary/aromatic N) is 2. The van der Waals surface area contributed by atoms with E-state index in [1.165, 1.54) is 29.2 Å². The highest BCUT2D eigenvalue weighted by atomic mass is 19.1. The van der Waals surface area contributed by atoms with Gasteiger partial charge in [-0.1, -0.05) is 48.5 Å². The van der Waals surface area contributed by atoms with E-state index < -0.39 is 29.3 Å². The number of hydrogen-bond acceptors (Lipinski definition) is 5. The minimum absolute atomic E-state index is 0.00986. The maximum Gasteiger partial charge on any atom is 0.295 e. The molecule has 0 bridgehead atoms. The summed E-state index contributed by atoms with van der Waals surface area (Å²) in [6.45, 7) is 0.607. The minimum Gasteiger partial charge on any atom is -0.507 e. The van der Waals surface area contributed by atoms with Crippen molar-refractivity contribution in [3.63, 3.8) is 0 Å². The second-order valence-electron chi connectivity index (χ2n) is 8.00. The molecule has 1 aliphatic rings. The summed E-state index contributed by atoms with van der Waals surface area (Å²) in [4.78, 5) is 29.0. The first-order chi connectivity index (χ1) is 15.3. The number of aliphatic hydroxyl groups excluding tert-OH is 1. The topological polar surface area (TPSA) is 81.1 Å². The standard InChI is InChI=1S/C25H23FN2O4/c1-27(2)13-14-28-21(17-9-5-6-10-19(17)26)20(24(31)25(28)32)23(30)18-12-11-15-7-3-4-8-16(15)22(18)29/h3-12,21,29-30H,13-14H2,1-2H3. The van der Waals surface area contributed by atoms with Crippen LogP contribution >= 0.6 is 0 Å². The van der Waals surface area contributed by atoms with Crippen LogP contribution in [0.2, 0.25) is 0 Å². The third-order valence-electron chi connectivity index (χ3n) is 5.68. The normalized spacial score (nSPS) is 18.1. The van der Waals surface area contributed by atoms with Gasteiger partial charge in [0, 0.05) is 24.0 Å². The van der Waals surface area contributed by atoms with Gasteiger partial charge in [-0.15, -0.1) is 0 Å². The summed E-state index contributed by atoms with van der Waals surface area (Å²) in [6, 6.07) is 15.0. The highest BCUT2D eigenvalue weighted by molar-refractivity contribution is 6.46. The Balaban J connectivity index is 1.93. The molecule has 0 aliphatic carbocycles. The van der Waals surface area contributed by atoms with Gasteiger partial charge in [-0.3, -0.25) is 9.59 Å². The zero-order chi connectivity index (χ0) is 23.0. The van der Waals surface area contributed by atoms with Crippen LogP contribution in [0.5, 0.6) is 5.75 Å². The number of aromatic hydroxyl groups is 1. The summed E-state index contributed by atoms with van der Waals surface area (Å²) in [6.07, 6.45) is 0. The van der Waals surface area contributed by atoms with Gasteiger partial charge in [0.2, 0.25) is 0 Å². The fraction of sp³-hybridized carbons (Fsp3) is 0.200. The van der Waals surface area contributed by atoms with Crippen LogP contribution in [0.15, 0.2) is 66.2 Å². The number of phenols is 1. The van der Waals surface area contributed by atoms with Crippen LogP contribution in [0.1, 0.15) is 17.2 Å². The Kier molecular flexibility index (Phi) is 5.67. The minimum atomic E-state index is -1.11. The molecule has 3 aromatic rings. The van der Waals surface area contributed by atoms with Gasteiger partial charge in [0.1, 0.15) is 17.3 Å². The van der Waals surface area contributed by atoms with E-state index >= 15 is 0 Å². The van der Waals surface area contributed by atoms with Gasteiger partial charge in [0.05, 0.1) is 17.2 Å². The van der Waals surface area contributed by atoms with Crippen LogP contribution in [0, 0.1) is 5.82 Å². The third-order valence-corrected chi connectivity index (χ3v) is 5.68. The summed E-state index contributed by atoms with van der Waals surface area (Å²) in [5.74, 6) is -3.08. The number of carbonyl (C=O) groups excluding carboxylic acids is 2. The average Bonchev–Trinajstić information content (AvgIpc) is 3.02. The molecule has 1 amide bonds. The van der Waals surface area contributed by atoms with Crippen LogP contribution in [-0.4, -0.2) is 58.9 Å². The molecular formula is C25H23FN2O4. The van der Waals surface area contributed by atoms with Gasteiger partial charge in [-0.2, -0.15) is 0 Å². The number of benzene rings is 3. The predicted molar refractivity (Wildman–Crippen MR) is 120 cm³/mol. The van der Waals surface area contributed by atoms with Gasteiger partial charge in [0.15, 0.2) is 0 Å². The quantitative estimate of drug-likeness (QED) is 0.364. The molecule has 32 heavy (non-hydrogen) atoms. The van der Waals surface area contributed by atoms with E-state index in [4.69, 9.17) is 0 Å². The second-order valence-corrected chi connectivity index (χ2v) is 8.00. The summed E-state index contributed by atoms with van der Waals surface area (Å²) in [5.41, 5.74) is -0.132. The number of Topliss-reactive ketones (excluding diaryl/α,β-unsaturated/α-hetero) is 1. The molecule has 0 radical (unpaired) electrons. The molecule has 164 valence electrons. The molecule has 2 N–H and O–H groups in total. The first-order valence-electron chi connectivity index (χ1n) is 10.2. The Hall–Kier alpha value is -3.71. The molecule has 4 rings (SSSR count). The van der Waals surface area contributed by atoms with Gasteiger partial charge in [-0.05, 0) is 31.6 Å². The maximum atomic E-state index is 14.8. The Morgan fingerprint density at radius 2 is 1.72 bits per heavy atom. The first kappa shape index (κ1) is 21.5. The number of amides is 1. The molecule has 1 unspecified atom stereocenters. The SMILES string of the molecule is CN(C)CCN1C(=O)C(=O)C(=C(O)c2ccc3ccccc3c2O)C1c1ccccc1F. The zero-order valence-electron chi connectivity index (χ0n) is 17.7. The van der Waals surface area contributed by atoms with Crippen LogP contribution in [-0.2, 0) is 9.59 Å². The van der Waals surface area contributed by atoms with Crippen molar-refractivity contribution in [2.45, 2.75) is 6.04 Å². The number of likely N-dealkylation sites (tertiary alicyclic amines) is 1. The molecule has 1 saturated heterocycles. The van der Waals surface area contributed by atoms with Gasteiger partial charge in [-0.25, -0.2) is 4.39 Å². The second kappa shape index (κ2) is 8.43. The molecule has 1 aliphatic heterocycles. The number of ketones is 1. The number of likely N-dealkylation sites (N-methyl/N-ethyl adjacent to an activating group) is 1. The van der Waals surface area contributed by atoms with E-state index in [1.54, 1.807) is 30.3 Å². The first-order valence-corrected chi connectivity index (χ1v) is 10.2. The largest absolute Gasteiger partial charge is 0.507 e. The van der Waals surface area contributed by atoms with E-state index in [0.717, 1.165) is 5.39 Å². The monoisotopic (exact) mass is 434 g/mol. The molecule has 3 aromatic carbocycles. The highest BCUT2D eigenvalue weighted by Crippen LogP contribution is 2.42. The van der Waals surface area contributed by atoms with Gasteiger partial charge in [0.25, 0.3) is 11.7 Å². The molecule has 0 aromatic heterocycles. The van der Waals surface area contributed by atoms with Gasteiger partial charge >= 0.3 is 0 Å². The highest BCUT2D eigenvalue weighted by Gasteiger charge is 2.47. The summed E-state index contributed by atoms with van der Waals surface area (Å²) in [7, 11) is 3.64. The molecule has 1 heterocycles. The molecule has 1 fully saturated rings. The fourth-order valence-corrected chi connectivity index (χ4v) is 4.03. The Morgan fingerprint density at radius 3 is 2.44 bits per heavy atom. The number of phenolic OH excluding ortho intramolecular Hbond substituents is 1. The van der Waals surface area contributed by atoms with E-state index in [1.807, 2.05) is 25.1 Å². The summed E-state index contributed by atoms with van der Waals surface area (Å²) in [5, 5.41) is 23.2. The van der Waals surface area contributed by atoms with Crippen LogP contribution in [0.3, 0.4) is 0 Å². The predicted octanol–water partition coefficient (Wildman–Crippen LogP) is 3.67. The van der Waals surface area contributed by atoms with Crippen molar-refractivity contribution in [1.82, 2.24) is 9.80 Å². The fourth-order valence-electron chi connectivity index (χ4n) is 4.03. The number of halogens is 1. The zero-order valence-corrected chi connectivity index (χ0v) is 17.7. The number of carbonyl (C=O) groups is 2. The number of rotatable bonds is 5. The molecular weight excluding hydrogens is 411 g/mol. The molecule has 7 heteroatoms. The van der Waals surface area contributed by atoms with E-state index in [0.29, 0.717) is 11.9 Å². The lowest BCUT2D eigenvalue weighted by molar-refractivity contribution is -0.140. The van der Waals surface area contributed by atoms with Gasteiger partial charge < -0.3 is 20.0 Å². The molecule has 0 spiro atoms. The van der Waals surface area contributed by atoms with Crippen molar-refractivity contribution < 1.29 is 24.2 Å². The molecule has 0 saturated carbocycles. The Morgan fingerprint density at radius 1 is 1.03 bits per heavy atom. The number of fused-ring (bicyclic) bond motifs is 1. The smallest absolute Gasteiger partial charge is 0.295 e. The number of aliphatic hydroxyl groups is 1. The molecule has 6 nitrogen and oxygen atoms in total. The lowest BCUT2D eigenvalue weighted by atomic mass is 9.93. The summed E-state index contributed by atoms with van der Waals surface area (Å²) < 4.78 is 14.8. The maximum absolute atomic E-state index is 14.8. The van der Waals surface area contributed by atoms with Crippen LogP contribution < -0.4 is 0 Å². The van der Waals surface area contributed by atoms with E-state index in [-0.39, 0.29) is 29.0 Å². The molecule has 1 atom stereocenters. The Bertz CT molecular complexity index is 1250. The third kappa shape index (κ3) is 3.61. The summed E-state index contributed by atoms with van der Waals surface area (Å²) >= 11 is 0. The van der Waals surface area contributed by atoms with Crippen molar-refractivity contribution in [3.8, 4) is 5.75 Å². The number of hydrogen-bond donors (Lipinski definition) is 2. The van der Waals surface area contributed by atoms with Crippen molar-refractivity contribution in [2.75, 3.05) is 27.2 Å². The van der Waals surface area contributed by atoms with E-state index in [2.05, 4.69) is 0 Å². The Labute approximate surface area is 184 Å². The van der Waals surface area contributed by atoms with Crippen LogP contribution in [0.4, 0.5) is 4.39 Å². The van der Waals surface area contributed by atoms with Crippen molar-refractivity contribution in [1.29, 1.82) is 0 Å². The van der Waals surface area contributed by atoms with Crippen molar-refractivity contribution in [3.05, 3.63) is 83.2 Å². The average molecular weight is 434 g/mol.